The summed E-state index contributed by atoms with van der Waals surface area (Å²) in [6, 6.07) is 3.71. The van der Waals surface area contributed by atoms with E-state index < -0.39 is 5.91 Å². The number of carbonyl (C=O) groups is 2. The Labute approximate surface area is 145 Å². The second-order valence-corrected chi connectivity index (χ2v) is 5.93. The van der Waals surface area contributed by atoms with Crippen LogP contribution in [0.2, 0.25) is 0 Å². The van der Waals surface area contributed by atoms with Gasteiger partial charge in [-0.15, -0.1) is 0 Å². The molecule has 3 heterocycles. The summed E-state index contributed by atoms with van der Waals surface area (Å²) in [6.07, 6.45) is 2.19. The van der Waals surface area contributed by atoms with Crippen LogP contribution in [0.4, 0.5) is 0 Å². The van der Waals surface area contributed by atoms with Crippen LogP contribution < -0.4 is 10.5 Å². The van der Waals surface area contributed by atoms with Crippen molar-refractivity contribution in [1.29, 1.82) is 0 Å². The molecule has 0 bridgehead atoms. The second-order valence-electron chi connectivity index (χ2n) is 5.93. The first-order chi connectivity index (χ1) is 12.0. The Bertz CT molecular complexity index is 815. The maximum absolute atomic E-state index is 12.4. The Morgan fingerprint density at radius 3 is 2.84 bits per heavy atom. The molecule has 0 aromatic carbocycles. The number of carbonyl (C=O) groups excluding carboxylic acids is 2. The molecule has 1 aliphatic heterocycles. The van der Waals surface area contributed by atoms with Crippen LogP contribution in [0.5, 0.6) is 5.75 Å². The van der Waals surface area contributed by atoms with E-state index in [9.17, 15) is 9.59 Å². The van der Waals surface area contributed by atoms with Gasteiger partial charge in [-0.25, -0.2) is 4.98 Å². The van der Waals surface area contributed by atoms with Crippen LogP contribution in [0, 0.1) is 6.92 Å². The number of pyridine rings is 1. The molecule has 0 saturated carbocycles. The lowest BCUT2D eigenvalue weighted by atomic mass is 10.2. The van der Waals surface area contributed by atoms with Crippen molar-refractivity contribution in [2.24, 2.45) is 5.73 Å². The lowest BCUT2D eigenvalue weighted by Crippen LogP contribution is -2.41. The third-order valence-corrected chi connectivity index (χ3v) is 4.23. The van der Waals surface area contributed by atoms with Gasteiger partial charge in [-0.2, -0.15) is 0 Å². The molecule has 0 unspecified atom stereocenters. The largest absolute Gasteiger partial charge is 0.482 e. The van der Waals surface area contributed by atoms with Gasteiger partial charge in [0.05, 0.1) is 18.4 Å². The molecule has 2 N–H and O–H groups in total. The van der Waals surface area contributed by atoms with Gasteiger partial charge in [0.15, 0.2) is 6.61 Å². The van der Waals surface area contributed by atoms with Gasteiger partial charge >= 0.3 is 0 Å². The maximum Gasteiger partial charge on any atom is 0.266 e. The SMILES string of the molecule is CCc1nc(C)ccc1OCC(=O)N1CCn2c(C(N)=O)cnc2C1. The number of nitrogens with two attached hydrogens (primary N) is 1. The summed E-state index contributed by atoms with van der Waals surface area (Å²) in [5, 5.41) is 0. The molecule has 0 radical (unpaired) electrons. The van der Waals surface area contributed by atoms with Crippen molar-refractivity contribution < 1.29 is 14.3 Å². The van der Waals surface area contributed by atoms with E-state index in [2.05, 4.69) is 9.97 Å². The zero-order valence-corrected chi connectivity index (χ0v) is 14.4. The average Bonchev–Trinajstić information content (AvgIpc) is 3.03. The van der Waals surface area contributed by atoms with Crippen LogP contribution >= 0.6 is 0 Å². The number of aryl methyl sites for hydroxylation is 2. The molecule has 8 heteroatoms. The molecule has 1 aliphatic rings. The number of amides is 2. The lowest BCUT2D eigenvalue weighted by Gasteiger charge is -2.28. The Morgan fingerprint density at radius 2 is 2.12 bits per heavy atom. The zero-order chi connectivity index (χ0) is 18.0. The summed E-state index contributed by atoms with van der Waals surface area (Å²) in [5.41, 5.74) is 7.45. The monoisotopic (exact) mass is 343 g/mol. The number of primary amides is 1. The average molecular weight is 343 g/mol. The minimum atomic E-state index is -0.513. The third kappa shape index (κ3) is 3.47. The van der Waals surface area contributed by atoms with E-state index >= 15 is 0 Å². The summed E-state index contributed by atoms with van der Waals surface area (Å²) in [7, 11) is 0. The van der Waals surface area contributed by atoms with Crippen molar-refractivity contribution in [2.75, 3.05) is 13.2 Å². The van der Waals surface area contributed by atoms with Crippen LogP contribution in [0.25, 0.3) is 0 Å². The summed E-state index contributed by atoms with van der Waals surface area (Å²) in [6.45, 7) is 5.18. The molecular weight excluding hydrogens is 322 g/mol. The Kier molecular flexibility index (Phi) is 4.69. The van der Waals surface area contributed by atoms with E-state index in [4.69, 9.17) is 10.5 Å². The van der Waals surface area contributed by atoms with Crippen LogP contribution in [0.1, 0.15) is 34.6 Å². The van der Waals surface area contributed by atoms with Crippen molar-refractivity contribution in [3.8, 4) is 5.75 Å². The first-order valence-electron chi connectivity index (χ1n) is 8.21. The lowest BCUT2D eigenvalue weighted by molar-refractivity contribution is -0.134. The summed E-state index contributed by atoms with van der Waals surface area (Å²) in [5.74, 6) is 0.647. The van der Waals surface area contributed by atoms with E-state index in [1.165, 1.54) is 6.20 Å². The fraction of sp³-hybridized carbons (Fsp3) is 0.412. The van der Waals surface area contributed by atoms with Gasteiger partial charge in [-0.1, -0.05) is 6.92 Å². The molecule has 0 fully saturated rings. The minimum absolute atomic E-state index is 0.0544. The Morgan fingerprint density at radius 1 is 1.32 bits per heavy atom. The molecule has 0 aliphatic carbocycles. The Balaban J connectivity index is 1.64. The number of imidazole rings is 1. The minimum Gasteiger partial charge on any atom is -0.482 e. The van der Waals surface area contributed by atoms with Gasteiger partial charge in [0.1, 0.15) is 17.3 Å². The highest BCUT2D eigenvalue weighted by Gasteiger charge is 2.25. The van der Waals surface area contributed by atoms with Gasteiger partial charge in [0.2, 0.25) is 0 Å². The van der Waals surface area contributed by atoms with E-state index in [0.29, 0.717) is 36.9 Å². The predicted molar refractivity (Wildman–Crippen MR) is 90.0 cm³/mol. The van der Waals surface area contributed by atoms with Gasteiger partial charge in [0.25, 0.3) is 11.8 Å². The van der Waals surface area contributed by atoms with E-state index in [-0.39, 0.29) is 12.5 Å². The molecule has 25 heavy (non-hydrogen) atoms. The molecule has 132 valence electrons. The number of hydrogen-bond donors (Lipinski definition) is 1. The Hall–Kier alpha value is -2.90. The highest BCUT2D eigenvalue weighted by molar-refractivity contribution is 5.91. The number of nitrogens with zero attached hydrogens (tertiary/aromatic N) is 4. The maximum atomic E-state index is 12.4. The van der Waals surface area contributed by atoms with Gasteiger partial charge in [0, 0.05) is 18.8 Å². The predicted octanol–water partition coefficient (Wildman–Crippen LogP) is 0.669. The molecular formula is C17H21N5O3. The third-order valence-electron chi connectivity index (χ3n) is 4.23. The topological polar surface area (TPSA) is 103 Å². The second kappa shape index (κ2) is 6.92. The van der Waals surface area contributed by atoms with Crippen LogP contribution in [-0.4, -0.2) is 44.4 Å². The van der Waals surface area contributed by atoms with Gasteiger partial charge in [-0.3, -0.25) is 14.6 Å². The fourth-order valence-electron chi connectivity index (χ4n) is 2.88. The quantitative estimate of drug-likeness (QED) is 0.859. The van der Waals surface area contributed by atoms with Crippen molar-refractivity contribution >= 4 is 11.8 Å². The van der Waals surface area contributed by atoms with Crippen molar-refractivity contribution in [3.05, 3.63) is 41.2 Å². The van der Waals surface area contributed by atoms with Crippen molar-refractivity contribution in [3.63, 3.8) is 0 Å². The number of rotatable bonds is 5. The molecule has 2 aromatic heterocycles. The van der Waals surface area contributed by atoms with Crippen LogP contribution in [0.15, 0.2) is 18.3 Å². The van der Waals surface area contributed by atoms with Gasteiger partial charge < -0.3 is 19.9 Å². The summed E-state index contributed by atoms with van der Waals surface area (Å²) >= 11 is 0. The first kappa shape index (κ1) is 16.9. The van der Waals surface area contributed by atoms with E-state index in [1.807, 2.05) is 26.0 Å². The molecule has 2 amide bonds. The van der Waals surface area contributed by atoms with E-state index in [0.717, 1.165) is 17.8 Å². The normalized spacial score (nSPS) is 13.4. The molecule has 2 aromatic rings. The number of fused-ring (bicyclic) bond motifs is 1. The first-order valence-corrected chi connectivity index (χ1v) is 8.21. The number of hydrogen-bond acceptors (Lipinski definition) is 5. The van der Waals surface area contributed by atoms with Crippen molar-refractivity contribution in [1.82, 2.24) is 19.4 Å². The number of aromatic nitrogens is 3. The van der Waals surface area contributed by atoms with Crippen LogP contribution in [-0.2, 0) is 24.3 Å². The van der Waals surface area contributed by atoms with Gasteiger partial charge in [-0.05, 0) is 25.5 Å². The molecule has 8 nitrogen and oxygen atoms in total. The fourth-order valence-corrected chi connectivity index (χ4v) is 2.88. The molecule has 0 atom stereocenters. The molecule has 0 spiro atoms. The smallest absolute Gasteiger partial charge is 0.266 e. The summed E-state index contributed by atoms with van der Waals surface area (Å²) < 4.78 is 7.43. The van der Waals surface area contributed by atoms with Crippen LogP contribution in [0.3, 0.4) is 0 Å². The zero-order valence-electron chi connectivity index (χ0n) is 14.4. The summed E-state index contributed by atoms with van der Waals surface area (Å²) in [4.78, 5) is 34.1. The number of ether oxygens (including phenoxy) is 1. The highest BCUT2D eigenvalue weighted by Crippen LogP contribution is 2.18. The van der Waals surface area contributed by atoms with E-state index in [1.54, 1.807) is 9.47 Å². The standard InChI is InChI=1S/C17H21N5O3/c1-3-12-14(5-4-11(2)20-12)25-10-16(23)21-6-7-22-13(17(18)24)8-19-15(22)9-21/h4-5,8H,3,6-7,9-10H2,1-2H3,(H2,18,24). The molecule has 3 rings (SSSR count). The molecule has 0 saturated heterocycles. The van der Waals surface area contributed by atoms with Crippen molar-refractivity contribution in [2.45, 2.75) is 33.4 Å². The highest BCUT2D eigenvalue weighted by atomic mass is 16.5.